The number of halogens is 1. The molecular weight excluding hydrogens is 212 g/mol. The fraction of sp³-hybridized carbons (Fsp3) is 0.727. The van der Waals surface area contributed by atoms with Gasteiger partial charge in [0, 0.05) is 6.54 Å². The Hall–Kier alpha value is -0.540. The molecule has 0 aliphatic heterocycles. The summed E-state index contributed by atoms with van der Waals surface area (Å²) in [5.74, 6) is 0.594. The molecule has 1 heterocycles. The quantitative estimate of drug-likeness (QED) is 0.845. The van der Waals surface area contributed by atoms with Gasteiger partial charge in [-0.15, -0.1) is 0 Å². The SMILES string of the molecule is CCn1ncc(Cl)c1C(O)CCC(C)C. The van der Waals surface area contributed by atoms with Crippen molar-refractivity contribution in [1.29, 1.82) is 0 Å². The molecule has 1 atom stereocenters. The molecular formula is C11H19ClN2O. The Labute approximate surface area is 96.1 Å². The Balaban J connectivity index is 2.71. The minimum atomic E-state index is -0.498. The first-order valence-corrected chi connectivity index (χ1v) is 5.83. The molecule has 0 aromatic carbocycles. The van der Waals surface area contributed by atoms with Crippen LogP contribution in [0.2, 0.25) is 5.02 Å². The molecule has 86 valence electrons. The Bertz CT molecular complexity index is 310. The molecule has 1 rings (SSSR count). The van der Waals surface area contributed by atoms with E-state index >= 15 is 0 Å². The van der Waals surface area contributed by atoms with Crippen molar-refractivity contribution in [2.45, 2.75) is 46.3 Å². The molecule has 0 aliphatic carbocycles. The van der Waals surface area contributed by atoms with Crippen LogP contribution in [0.1, 0.15) is 45.4 Å². The predicted octanol–water partition coefficient (Wildman–Crippen LogP) is 3.03. The Morgan fingerprint density at radius 1 is 1.47 bits per heavy atom. The van der Waals surface area contributed by atoms with Crippen LogP contribution in [-0.4, -0.2) is 14.9 Å². The van der Waals surface area contributed by atoms with Crippen LogP contribution < -0.4 is 0 Å². The fourth-order valence-corrected chi connectivity index (χ4v) is 1.85. The van der Waals surface area contributed by atoms with Crippen LogP contribution in [0.3, 0.4) is 0 Å². The van der Waals surface area contributed by atoms with Crippen LogP contribution >= 0.6 is 11.6 Å². The number of aryl methyl sites for hydroxylation is 1. The zero-order valence-corrected chi connectivity index (χ0v) is 10.3. The summed E-state index contributed by atoms with van der Waals surface area (Å²) in [6, 6.07) is 0. The zero-order valence-electron chi connectivity index (χ0n) is 9.57. The maximum Gasteiger partial charge on any atom is 0.0971 e. The van der Waals surface area contributed by atoms with Crippen molar-refractivity contribution in [1.82, 2.24) is 9.78 Å². The van der Waals surface area contributed by atoms with Crippen LogP contribution in [-0.2, 0) is 6.54 Å². The van der Waals surface area contributed by atoms with Crippen LogP contribution in [0.5, 0.6) is 0 Å². The van der Waals surface area contributed by atoms with Gasteiger partial charge in [-0.1, -0.05) is 25.4 Å². The smallest absolute Gasteiger partial charge is 0.0971 e. The van der Waals surface area contributed by atoms with Gasteiger partial charge in [0.15, 0.2) is 0 Å². The molecule has 0 saturated carbocycles. The van der Waals surface area contributed by atoms with Gasteiger partial charge in [0.2, 0.25) is 0 Å². The first-order valence-electron chi connectivity index (χ1n) is 5.45. The second kappa shape index (κ2) is 5.52. The van der Waals surface area contributed by atoms with E-state index in [4.69, 9.17) is 11.6 Å². The third-order valence-electron chi connectivity index (χ3n) is 2.47. The van der Waals surface area contributed by atoms with E-state index in [-0.39, 0.29) is 0 Å². The standard InChI is InChI=1S/C11H19ClN2O/c1-4-14-11(9(12)7-13-14)10(15)6-5-8(2)3/h7-8,10,15H,4-6H2,1-3H3. The number of aliphatic hydroxyl groups excluding tert-OH is 1. The Morgan fingerprint density at radius 3 is 2.67 bits per heavy atom. The summed E-state index contributed by atoms with van der Waals surface area (Å²) >= 11 is 5.99. The van der Waals surface area contributed by atoms with Gasteiger partial charge in [0.05, 0.1) is 23.0 Å². The van der Waals surface area contributed by atoms with Crippen LogP contribution in [0.25, 0.3) is 0 Å². The monoisotopic (exact) mass is 230 g/mol. The summed E-state index contributed by atoms with van der Waals surface area (Å²) in [7, 11) is 0. The fourth-order valence-electron chi connectivity index (χ4n) is 1.58. The molecule has 0 spiro atoms. The highest BCUT2D eigenvalue weighted by Crippen LogP contribution is 2.27. The van der Waals surface area contributed by atoms with Gasteiger partial charge < -0.3 is 5.11 Å². The summed E-state index contributed by atoms with van der Waals surface area (Å²) in [4.78, 5) is 0. The molecule has 1 aromatic rings. The van der Waals surface area contributed by atoms with Gasteiger partial charge >= 0.3 is 0 Å². The predicted molar refractivity (Wildman–Crippen MR) is 61.9 cm³/mol. The molecule has 1 N–H and O–H groups in total. The summed E-state index contributed by atoms with van der Waals surface area (Å²) < 4.78 is 1.76. The molecule has 0 saturated heterocycles. The maximum atomic E-state index is 10.0. The molecule has 4 heteroatoms. The van der Waals surface area contributed by atoms with E-state index in [1.165, 1.54) is 0 Å². The molecule has 0 fully saturated rings. The summed E-state index contributed by atoms with van der Waals surface area (Å²) in [6.07, 6.45) is 2.83. The van der Waals surface area contributed by atoms with Crippen molar-refractivity contribution in [3.8, 4) is 0 Å². The Morgan fingerprint density at radius 2 is 2.13 bits per heavy atom. The first-order chi connectivity index (χ1) is 7.06. The van der Waals surface area contributed by atoms with E-state index in [9.17, 15) is 5.11 Å². The highest BCUT2D eigenvalue weighted by atomic mass is 35.5. The normalized spacial score (nSPS) is 13.5. The first kappa shape index (κ1) is 12.5. The third-order valence-corrected chi connectivity index (χ3v) is 2.76. The summed E-state index contributed by atoms with van der Waals surface area (Å²) in [5.41, 5.74) is 0.750. The molecule has 1 aromatic heterocycles. The number of hydrogen-bond acceptors (Lipinski definition) is 2. The summed E-state index contributed by atoms with van der Waals surface area (Å²) in [6.45, 7) is 7.01. The average Bonchev–Trinajstić information content (AvgIpc) is 2.56. The van der Waals surface area contributed by atoms with Crippen molar-refractivity contribution in [3.63, 3.8) is 0 Å². The van der Waals surface area contributed by atoms with Crippen molar-refractivity contribution in [2.75, 3.05) is 0 Å². The molecule has 0 bridgehead atoms. The van der Waals surface area contributed by atoms with Crippen LogP contribution in [0, 0.1) is 5.92 Å². The number of aromatic nitrogens is 2. The molecule has 0 radical (unpaired) electrons. The van der Waals surface area contributed by atoms with E-state index in [0.717, 1.165) is 25.1 Å². The molecule has 15 heavy (non-hydrogen) atoms. The van der Waals surface area contributed by atoms with Crippen molar-refractivity contribution in [2.24, 2.45) is 5.92 Å². The highest BCUT2D eigenvalue weighted by molar-refractivity contribution is 6.31. The van der Waals surface area contributed by atoms with Crippen LogP contribution in [0.4, 0.5) is 0 Å². The second-order valence-corrected chi connectivity index (χ2v) is 4.59. The maximum absolute atomic E-state index is 10.0. The number of rotatable bonds is 5. The largest absolute Gasteiger partial charge is 0.387 e. The van der Waals surface area contributed by atoms with Crippen molar-refractivity contribution >= 4 is 11.6 Å². The number of aliphatic hydroxyl groups is 1. The second-order valence-electron chi connectivity index (χ2n) is 4.18. The molecule has 0 amide bonds. The number of hydrogen-bond donors (Lipinski definition) is 1. The lowest BCUT2D eigenvalue weighted by Crippen LogP contribution is -2.09. The van der Waals surface area contributed by atoms with E-state index in [1.807, 2.05) is 6.92 Å². The minimum Gasteiger partial charge on any atom is -0.387 e. The van der Waals surface area contributed by atoms with Gasteiger partial charge in [-0.3, -0.25) is 4.68 Å². The van der Waals surface area contributed by atoms with Gasteiger partial charge in [0.1, 0.15) is 0 Å². The average molecular weight is 231 g/mol. The molecule has 1 unspecified atom stereocenters. The number of nitrogens with zero attached hydrogens (tertiary/aromatic N) is 2. The van der Waals surface area contributed by atoms with Gasteiger partial charge in [0.25, 0.3) is 0 Å². The molecule has 3 nitrogen and oxygen atoms in total. The van der Waals surface area contributed by atoms with Gasteiger partial charge in [-0.05, 0) is 25.7 Å². The van der Waals surface area contributed by atoms with E-state index in [1.54, 1.807) is 10.9 Å². The lowest BCUT2D eigenvalue weighted by atomic mass is 10.0. The van der Waals surface area contributed by atoms with Crippen molar-refractivity contribution < 1.29 is 5.11 Å². The minimum absolute atomic E-state index is 0.498. The highest BCUT2D eigenvalue weighted by Gasteiger charge is 2.17. The molecule has 0 aliphatic rings. The zero-order chi connectivity index (χ0) is 11.4. The Kier molecular flexibility index (Phi) is 4.61. The van der Waals surface area contributed by atoms with Crippen molar-refractivity contribution in [3.05, 3.63) is 16.9 Å². The van der Waals surface area contributed by atoms with Crippen LogP contribution in [0.15, 0.2) is 6.20 Å². The lowest BCUT2D eigenvalue weighted by Gasteiger charge is -2.14. The topological polar surface area (TPSA) is 38.0 Å². The van der Waals surface area contributed by atoms with E-state index < -0.39 is 6.10 Å². The summed E-state index contributed by atoms with van der Waals surface area (Å²) in [5, 5.41) is 14.7. The lowest BCUT2D eigenvalue weighted by molar-refractivity contribution is 0.149. The van der Waals surface area contributed by atoms with E-state index in [0.29, 0.717) is 10.9 Å². The van der Waals surface area contributed by atoms with E-state index in [2.05, 4.69) is 18.9 Å². The van der Waals surface area contributed by atoms with Gasteiger partial charge in [-0.25, -0.2) is 0 Å². The third kappa shape index (κ3) is 3.21. The van der Waals surface area contributed by atoms with Gasteiger partial charge in [-0.2, -0.15) is 5.10 Å².